The first-order valence-electron chi connectivity index (χ1n) is 6.14. The minimum Gasteiger partial charge on any atom is -0.478 e. The predicted molar refractivity (Wildman–Crippen MR) is 71.2 cm³/mol. The van der Waals surface area contributed by atoms with Crippen LogP contribution in [0.15, 0.2) is 12.3 Å². The summed E-state index contributed by atoms with van der Waals surface area (Å²) in [6.45, 7) is 4.45. The third-order valence-electron chi connectivity index (χ3n) is 3.88. The molecular weight excluding hydrogens is 252 g/mol. The van der Waals surface area contributed by atoms with Crippen molar-refractivity contribution in [3.63, 3.8) is 0 Å². The average Bonchev–Trinajstić information content (AvgIpc) is 2.63. The molecule has 0 aliphatic heterocycles. The van der Waals surface area contributed by atoms with E-state index in [1.165, 1.54) is 18.7 Å². The lowest BCUT2D eigenvalue weighted by molar-refractivity contribution is 0.0697. The van der Waals surface area contributed by atoms with Gasteiger partial charge in [0.2, 0.25) is 0 Å². The maximum absolute atomic E-state index is 11.0. The molecule has 1 aromatic rings. The van der Waals surface area contributed by atoms with Gasteiger partial charge in [-0.05, 0) is 30.7 Å². The molecule has 2 rings (SSSR count). The lowest BCUT2D eigenvalue weighted by atomic mass is 9.98. The monoisotopic (exact) mass is 268 g/mol. The van der Waals surface area contributed by atoms with Gasteiger partial charge < -0.3 is 10.4 Å². The maximum Gasteiger partial charge on any atom is 0.337 e. The van der Waals surface area contributed by atoms with E-state index < -0.39 is 5.97 Å². The van der Waals surface area contributed by atoms with Crippen LogP contribution in [-0.4, -0.2) is 22.1 Å². The molecule has 4 nitrogen and oxygen atoms in total. The van der Waals surface area contributed by atoms with E-state index in [9.17, 15) is 4.79 Å². The lowest BCUT2D eigenvalue weighted by Gasteiger charge is -2.20. The standard InChI is InChI=1S/C13H17ClN2O2/c1-7-3-4-11(8(7)2)16-12-5-9(13(17)18)10(14)6-15-12/h5-8,11H,3-4H2,1-2H3,(H,15,16)(H,17,18). The summed E-state index contributed by atoms with van der Waals surface area (Å²) >= 11 is 5.79. The molecule has 3 unspecified atom stereocenters. The number of aromatic nitrogens is 1. The van der Waals surface area contributed by atoms with Crippen LogP contribution in [0.25, 0.3) is 0 Å². The number of aromatic carboxylic acids is 1. The summed E-state index contributed by atoms with van der Waals surface area (Å²) in [5, 5.41) is 12.5. The highest BCUT2D eigenvalue weighted by Gasteiger charge is 2.29. The molecule has 0 bridgehead atoms. The Bertz CT molecular complexity index is 464. The Morgan fingerprint density at radius 1 is 1.50 bits per heavy atom. The second-order valence-corrected chi connectivity index (χ2v) is 5.43. The summed E-state index contributed by atoms with van der Waals surface area (Å²) in [7, 11) is 0. The Morgan fingerprint density at radius 3 is 2.78 bits per heavy atom. The zero-order chi connectivity index (χ0) is 13.3. The van der Waals surface area contributed by atoms with Crippen molar-refractivity contribution in [2.45, 2.75) is 32.7 Å². The van der Waals surface area contributed by atoms with Crippen LogP contribution < -0.4 is 5.32 Å². The zero-order valence-corrected chi connectivity index (χ0v) is 11.2. The molecule has 1 aliphatic carbocycles. The van der Waals surface area contributed by atoms with Gasteiger partial charge in [0.05, 0.1) is 10.6 Å². The number of halogens is 1. The summed E-state index contributed by atoms with van der Waals surface area (Å²) < 4.78 is 0. The Labute approximate surface area is 111 Å². The zero-order valence-electron chi connectivity index (χ0n) is 10.5. The molecule has 0 radical (unpaired) electrons. The fraction of sp³-hybridized carbons (Fsp3) is 0.538. The van der Waals surface area contributed by atoms with Gasteiger partial charge in [-0.25, -0.2) is 9.78 Å². The van der Waals surface area contributed by atoms with E-state index in [4.69, 9.17) is 16.7 Å². The van der Waals surface area contributed by atoms with E-state index in [0.29, 0.717) is 23.7 Å². The van der Waals surface area contributed by atoms with E-state index in [-0.39, 0.29) is 10.6 Å². The van der Waals surface area contributed by atoms with Crippen LogP contribution in [0.1, 0.15) is 37.0 Å². The number of rotatable bonds is 3. The second kappa shape index (κ2) is 5.14. The predicted octanol–water partition coefficient (Wildman–Crippen LogP) is 3.28. The third-order valence-corrected chi connectivity index (χ3v) is 4.19. The molecule has 2 N–H and O–H groups in total. The number of pyridine rings is 1. The molecule has 3 atom stereocenters. The number of carboxylic acids is 1. The van der Waals surface area contributed by atoms with Gasteiger partial charge in [0.15, 0.2) is 0 Å². The first kappa shape index (κ1) is 13.1. The number of carboxylic acid groups (broad SMARTS) is 1. The summed E-state index contributed by atoms with van der Waals surface area (Å²) in [6.07, 6.45) is 3.67. The molecule has 0 aromatic carbocycles. The SMILES string of the molecule is CC1CCC(Nc2cc(C(=O)O)c(Cl)cn2)C1C. The minimum atomic E-state index is -1.03. The summed E-state index contributed by atoms with van der Waals surface area (Å²) in [6, 6.07) is 1.86. The average molecular weight is 269 g/mol. The Balaban J connectivity index is 2.15. The van der Waals surface area contributed by atoms with Crippen LogP contribution >= 0.6 is 11.6 Å². The molecular formula is C13H17ClN2O2. The van der Waals surface area contributed by atoms with E-state index in [1.807, 2.05) is 0 Å². The van der Waals surface area contributed by atoms with E-state index in [2.05, 4.69) is 24.1 Å². The molecule has 1 aromatic heterocycles. The number of carbonyl (C=O) groups is 1. The maximum atomic E-state index is 11.0. The van der Waals surface area contributed by atoms with Crippen LogP contribution in [0.5, 0.6) is 0 Å². The number of hydrogen-bond acceptors (Lipinski definition) is 3. The number of anilines is 1. The van der Waals surface area contributed by atoms with Crippen molar-refractivity contribution >= 4 is 23.4 Å². The molecule has 1 heterocycles. The van der Waals surface area contributed by atoms with Crippen LogP contribution in [0.4, 0.5) is 5.82 Å². The van der Waals surface area contributed by atoms with Gasteiger partial charge >= 0.3 is 5.97 Å². The van der Waals surface area contributed by atoms with Crippen molar-refractivity contribution < 1.29 is 9.90 Å². The van der Waals surface area contributed by atoms with Crippen molar-refractivity contribution in [3.05, 3.63) is 22.8 Å². The van der Waals surface area contributed by atoms with Gasteiger partial charge in [0.1, 0.15) is 5.82 Å². The van der Waals surface area contributed by atoms with Gasteiger partial charge in [0.25, 0.3) is 0 Å². The summed E-state index contributed by atoms with van der Waals surface area (Å²) in [4.78, 5) is 15.1. The fourth-order valence-corrected chi connectivity index (χ4v) is 2.62. The molecule has 1 fully saturated rings. The largest absolute Gasteiger partial charge is 0.478 e. The topological polar surface area (TPSA) is 62.2 Å². The molecule has 98 valence electrons. The van der Waals surface area contributed by atoms with Crippen molar-refractivity contribution in [3.8, 4) is 0 Å². The Kier molecular flexibility index (Phi) is 3.76. The van der Waals surface area contributed by atoms with Gasteiger partial charge in [-0.15, -0.1) is 0 Å². The number of nitrogens with zero attached hydrogens (tertiary/aromatic N) is 1. The Hall–Kier alpha value is -1.29. The first-order valence-corrected chi connectivity index (χ1v) is 6.52. The van der Waals surface area contributed by atoms with Crippen molar-refractivity contribution in [2.75, 3.05) is 5.32 Å². The van der Waals surface area contributed by atoms with Gasteiger partial charge in [-0.3, -0.25) is 0 Å². The number of nitrogens with one attached hydrogen (secondary N) is 1. The fourth-order valence-electron chi connectivity index (χ4n) is 2.44. The third kappa shape index (κ3) is 2.58. The van der Waals surface area contributed by atoms with Crippen molar-refractivity contribution in [1.29, 1.82) is 0 Å². The van der Waals surface area contributed by atoms with Crippen molar-refractivity contribution in [1.82, 2.24) is 4.98 Å². The Morgan fingerprint density at radius 2 is 2.22 bits per heavy atom. The molecule has 18 heavy (non-hydrogen) atoms. The lowest BCUT2D eigenvalue weighted by Crippen LogP contribution is -2.24. The molecule has 0 spiro atoms. The molecule has 1 aliphatic rings. The molecule has 1 saturated carbocycles. The highest BCUT2D eigenvalue weighted by atomic mass is 35.5. The normalized spacial score (nSPS) is 27.2. The second-order valence-electron chi connectivity index (χ2n) is 5.02. The van der Waals surface area contributed by atoms with Crippen LogP contribution in [0.3, 0.4) is 0 Å². The van der Waals surface area contributed by atoms with Gasteiger partial charge in [-0.2, -0.15) is 0 Å². The first-order chi connectivity index (χ1) is 8.49. The number of hydrogen-bond donors (Lipinski definition) is 2. The minimum absolute atomic E-state index is 0.0906. The van der Waals surface area contributed by atoms with Crippen LogP contribution in [0.2, 0.25) is 5.02 Å². The van der Waals surface area contributed by atoms with Gasteiger partial charge in [-0.1, -0.05) is 25.4 Å². The smallest absolute Gasteiger partial charge is 0.337 e. The molecule has 0 saturated heterocycles. The van der Waals surface area contributed by atoms with Gasteiger partial charge in [0, 0.05) is 12.2 Å². The molecule has 0 amide bonds. The van der Waals surface area contributed by atoms with E-state index in [0.717, 1.165) is 6.42 Å². The van der Waals surface area contributed by atoms with Crippen LogP contribution in [0, 0.1) is 11.8 Å². The molecule has 5 heteroatoms. The van der Waals surface area contributed by atoms with Crippen LogP contribution in [-0.2, 0) is 0 Å². The van der Waals surface area contributed by atoms with E-state index >= 15 is 0 Å². The summed E-state index contributed by atoms with van der Waals surface area (Å²) in [5.41, 5.74) is 0.0906. The van der Waals surface area contributed by atoms with Crippen molar-refractivity contribution in [2.24, 2.45) is 11.8 Å². The highest BCUT2D eigenvalue weighted by molar-refractivity contribution is 6.33. The quantitative estimate of drug-likeness (QED) is 0.883. The summed E-state index contributed by atoms with van der Waals surface area (Å²) in [5.74, 6) is 0.811. The highest BCUT2D eigenvalue weighted by Crippen LogP contribution is 2.33. The van der Waals surface area contributed by atoms with E-state index in [1.54, 1.807) is 0 Å².